The first kappa shape index (κ1) is 14.1. The Bertz CT molecular complexity index is 436. The van der Waals surface area contributed by atoms with Gasteiger partial charge in [-0.25, -0.2) is 9.48 Å². The number of rotatable bonds is 4. The lowest BCUT2D eigenvalue weighted by Crippen LogP contribution is -2.22. The molecular weight excluding hydrogens is 244 g/mol. The van der Waals surface area contributed by atoms with Crippen LogP contribution in [0.1, 0.15) is 67.9 Å². The van der Waals surface area contributed by atoms with E-state index in [0.717, 1.165) is 38.0 Å². The lowest BCUT2D eigenvalue weighted by atomic mass is 10.0. The van der Waals surface area contributed by atoms with Crippen LogP contribution in [0.5, 0.6) is 0 Å². The monoisotopic (exact) mass is 266 g/mol. The minimum absolute atomic E-state index is 0.0452. The summed E-state index contributed by atoms with van der Waals surface area (Å²) in [5.41, 5.74) is 1.42. The number of methoxy groups -OCH3 is 1. The zero-order valence-electron chi connectivity index (χ0n) is 11.9. The average molecular weight is 266 g/mol. The Morgan fingerprint density at radius 1 is 1.63 bits per heavy atom. The van der Waals surface area contributed by atoms with Crippen molar-refractivity contribution < 1.29 is 14.3 Å². The number of carbonyl (C=O) groups excluding carboxylic acids is 1. The molecule has 1 fully saturated rings. The second-order valence-corrected chi connectivity index (χ2v) is 5.02. The van der Waals surface area contributed by atoms with Crippen LogP contribution in [0.25, 0.3) is 0 Å². The molecule has 5 heteroatoms. The van der Waals surface area contributed by atoms with Gasteiger partial charge < -0.3 is 9.47 Å². The van der Waals surface area contributed by atoms with Crippen molar-refractivity contribution in [3.05, 3.63) is 17.5 Å². The zero-order valence-corrected chi connectivity index (χ0v) is 11.9. The molecule has 0 spiro atoms. The SMILES string of the molecule is CCC(C)c1cc(C(=O)OC)nn1C1CCCCO1. The number of ether oxygens (including phenoxy) is 2. The summed E-state index contributed by atoms with van der Waals surface area (Å²) in [6.45, 7) is 5.02. The smallest absolute Gasteiger partial charge is 0.358 e. The molecule has 0 aliphatic carbocycles. The van der Waals surface area contributed by atoms with E-state index in [1.807, 2.05) is 10.7 Å². The average Bonchev–Trinajstić information content (AvgIpc) is 2.91. The molecule has 0 N–H and O–H groups in total. The molecule has 2 unspecified atom stereocenters. The molecule has 1 aromatic heterocycles. The van der Waals surface area contributed by atoms with Gasteiger partial charge in [-0.1, -0.05) is 13.8 Å². The molecule has 5 nitrogen and oxygen atoms in total. The standard InChI is InChI=1S/C14H22N2O3/c1-4-10(2)12-9-11(14(17)18-3)15-16(12)13-7-5-6-8-19-13/h9-10,13H,4-8H2,1-3H3. The van der Waals surface area contributed by atoms with Gasteiger partial charge in [0, 0.05) is 12.3 Å². The first-order valence-electron chi connectivity index (χ1n) is 6.96. The Morgan fingerprint density at radius 3 is 3.00 bits per heavy atom. The second kappa shape index (κ2) is 6.19. The first-order chi connectivity index (χ1) is 9.17. The van der Waals surface area contributed by atoms with Crippen molar-refractivity contribution in [3.8, 4) is 0 Å². The van der Waals surface area contributed by atoms with Crippen LogP contribution >= 0.6 is 0 Å². The highest BCUT2D eigenvalue weighted by Gasteiger charge is 2.24. The Balaban J connectivity index is 2.32. The molecule has 1 aliphatic heterocycles. The van der Waals surface area contributed by atoms with Gasteiger partial charge in [-0.15, -0.1) is 0 Å². The van der Waals surface area contributed by atoms with Gasteiger partial charge in [-0.2, -0.15) is 5.10 Å². The molecule has 0 radical (unpaired) electrons. The van der Waals surface area contributed by atoms with Crippen LogP contribution in [0.4, 0.5) is 0 Å². The van der Waals surface area contributed by atoms with Gasteiger partial charge in [0.15, 0.2) is 5.69 Å². The van der Waals surface area contributed by atoms with E-state index in [1.165, 1.54) is 7.11 Å². The molecule has 2 atom stereocenters. The molecule has 2 heterocycles. The summed E-state index contributed by atoms with van der Waals surface area (Å²) in [7, 11) is 1.38. The van der Waals surface area contributed by atoms with Gasteiger partial charge in [0.1, 0.15) is 6.23 Å². The van der Waals surface area contributed by atoms with E-state index in [2.05, 4.69) is 18.9 Å². The number of nitrogens with zero attached hydrogens (tertiary/aromatic N) is 2. The largest absolute Gasteiger partial charge is 0.464 e. The number of hydrogen-bond donors (Lipinski definition) is 0. The maximum atomic E-state index is 11.6. The number of carbonyl (C=O) groups is 1. The molecule has 0 aromatic carbocycles. The summed E-state index contributed by atoms with van der Waals surface area (Å²) in [5.74, 6) is -0.0458. The summed E-state index contributed by atoms with van der Waals surface area (Å²) in [5, 5.41) is 4.39. The summed E-state index contributed by atoms with van der Waals surface area (Å²) in [6, 6.07) is 1.83. The second-order valence-electron chi connectivity index (χ2n) is 5.02. The molecule has 106 valence electrons. The third-order valence-electron chi connectivity index (χ3n) is 3.70. The van der Waals surface area contributed by atoms with Crippen molar-refractivity contribution in [2.45, 2.75) is 51.7 Å². The van der Waals surface area contributed by atoms with E-state index in [9.17, 15) is 4.79 Å². The Kier molecular flexibility index (Phi) is 4.58. The van der Waals surface area contributed by atoms with Crippen LogP contribution in [-0.4, -0.2) is 29.5 Å². The van der Waals surface area contributed by atoms with Gasteiger partial charge in [0.05, 0.1) is 7.11 Å². The van der Waals surface area contributed by atoms with Gasteiger partial charge >= 0.3 is 5.97 Å². The maximum Gasteiger partial charge on any atom is 0.358 e. The summed E-state index contributed by atoms with van der Waals surface area (Å²) in [6.07, 6.45) is 4.14. The van der Waals surface area contributed by atoms with Crippen LogP contribution in [-0.2, 0) is 9.47 Å². The van der Waals surface area contributed by atoms with E-state index >= 15 is 0 Å². The van der Waals surface area contributed by atoms with Crippen molar-refractivity contribution in [1.29, 1.82) is 0 Å². The predicted octanol–water partition coefficient (Wildman–Crippen LogP) is 2.88. The third kappa shape index (κ3) is 2.97. The Labute approximate surface area is 113 Å². The topological polar surface area (TPSA) is 53.3 Å². The van der Waals surface area contributed by atoms with Crippen LogP contribution < -0.4 is 0 Å². The van der Waals surface area contributed by atoms with Crippen LogP contribution in [0.3, 0.4) is 0 Å². The molecule has 0 saturated carbocycles. The fourth-order valence-corrected chi connectivity index (χ4v) is 2.34. The fourth-order valence-electron chi connectivity index (χ4n) is 2.34. The molecular formula is C14H22N2O3. The summed E-state index contributed by atoms with van der Waals surface area (Å²) < 4.78 is 12.4. The van der Waals surface area contributed by atoms with E-state index in [4.69, 9.17) is 9.47 Å². The minimum Gasteiger partial charge on any atom is -0.464 e. The minimum atomic E-state index is -0.390. The summed E-state index contributed by atoms with van der Waals surface area (Å²) in [4.78, 5) is 11.6. The molecule has 1 aromatic rings. The van der Waals surface area contributed by atoms with E-state index in [1.54, 1.807) is 0 Å². The lowest BCUT2D eigenvalue weighted by Gasteiger charge is -2.25. The molecule has 0 amide bonds. The fraction of sp³-hybridized carbons (Fsp3) is 0.714. The molecule has 1 saturated heterocycles. The normalized spacial score (nSPS) is 21.1. The lowest BCUT2D eigenvalue weighted by molar-refractivity contribution is -0.0418. The van der Waals surface area contributed by atoms with Gasteiger partial charge in [-0.3, -0.25) is 0 Å². The number of hydrogen-bond acceptors (Lipinski definition) is 4. The quantitative estimate of drug-likeness (QED) is 0.786. The Hall–Kier alpha value is -1.36. The van der Waals surface area contributed by atoms with Crippen molar-refractivity contribution in [1.82, 2.24) is 9.78 Å². The van der Waals surface area contributed by atoms with Gasteiger partial charge in [-0.05, 0) is 37.7 Å². The maximum absolute atomic E-state index is 11.6. The highest BCUT2D eigenvalue weighted by atomic mass is 16.5. The molecule has 0 bridgehead atoms. The molecule has 1 aliphatic rings. The van der Waals surface area contributed by atoms with Gasteiger partial charge in [0.2, 0.25) is 0 Å². The number of aromatic nitrogens is 2. The zero-order chi connectivity index (χ0) is 13.8. The van der Waals surface area contributed by atoms with E-state index in [0.29, 0.717) is 11.6 Å². The molecule has 19 heavy (non-hydrogen) atoms. The van der Waals surface area contributed by atoms with Crippen LogP contribution in [0, 0.1) is 0 Å². The highest BCUT2D eigenvalue weighted by Crippen LogP contribution is 2.28. The predicted molar refractivity (Wildman–Crippen MR) is 71.1 cm³/mol. The van der Waals surface area contributed by atoms with Crippen LogP contribution in [0.15, 0.2) is 6.07 Å². The molecule has 2 rings (SSSR count). The van der Waals surface area contributed by atoms with Crippen molar-refractivity contribution in [3.63, 3.8) is 0 Å². The number of esters is 1. The Morgan fingerprint density at radius 2 is 2.42 bits per heavy atom. The summed E-state index contributed by atoms with van der Waals surface area (Å²) >= 11 is 0. The first-order valence-corrected chi connectivity index (χ1v) is 6.96. The van der Waals surface area contributed by atoms with E-state index in [-0.39, 0.29) is 12.2 Å². The third-order valence-corrected chi connectivity index (χ3v) is 3.70. The van der Waals surface area contributed by atoms with Crippen LogP contribution in [0.2, 0.25) is 0 Å². The highest BCUT2D eigenvalue weighted by molar-refractivity contribution is 5.87. The van der Waals surface area contributed by atoms with Crippen molar-refractivity contribution in [2.75, 3.05) is 13.7 Å². The van der Waals surface area contributed by atoms with Crippen molar-refractivity contribution >= 4 is 5.97 Å². The van der Waals surface area contributed by atoms with Gasteiger partial charge in [0.25, 0.3) is 0 Å². The van der Waals surface area contributed by atoms with Crippen molar-refractivity contribution in [2.24, 2.45) is 0 Å². The van der Waals surface area contributed by atoms with E-state index < -0.39 is 0 Å².